The number of halogens is 1. The number of benzene rings is 1. The summed E-state index contributed by atoms with van der Waals surface area (Å²) in [5, 5.41) is 2.95. The average molecular weight is 357 g/mol. The van der Waals surface area contributed by atoms with Crippen LogP contribution in [-0.4, -0.2) is 55.6 Å². The molecule has 0 radical (unpaired) electrons. The highest BCUT2D eigenvalue weighted by molar-refractivity contribution is 7.88. The van der Waals surface area contributed by atoms with Crippen molar-refractivity contribution >= 4 is 16.1 Å². The molecule has 0 aromatic heterocycles. The molecule has 8 heteroatoms. The van der Waals surface area contributed by atoms with Gasteiger partial charge in [-0.25, -0.2) is 21.9 Å². The minimum absolute atomic E-state index is 0.0444. The van der Waals surface area contributed by atoms with E-state index in [2.05, 4.69) is 5.32 Å². The third-order valence-corrected chi connectivity index (χ3v) is 5.49. The van der Waals surface area contributed by atoms with Crippen LogP contribution < -0.4 is 5.32 Å². The van der Waals surface area contributed by atoms with Crippen LogP contribution in [0.25, 0.3) is 0 Å². The summed E-state index contributed by atoms with van der Waals surface area (Å²) in [6, 6.07) is 5.94. The number of carbonyl (C=O) groups is 1. The van der Waals surface area contributed by atoms with Gasteiger partial charge in [-0.1, -0.05) is 12.1 Å². The van der Waals surface area contributed by atoms with Crippen LogP contribution in [0.2, 0.25) is 0 Å². The number of piperidine rings is 1. The molecule has 2 rings (SSSR count). The van der Waals surface area contributed by atoms with E-state index in [-0.39, 0.29) is 17.9 Å². The number of carbonyl (C=O) groups excluding carboxylic acids is 1. The van der Waals surface area contributed by atoms with Crippen LogP contribution in [0.15, 0.2) is 24.3 Å². The lowest BCUT2D eigenvalue weighted by molar-refractivity contribution is 0.187. The van der Waals surface area contributed by atoms with Crippen molar-refractivity contribution in [3.05, 3.63) is 35.6 Å². The minimum atomic E-state index is -3.17. The van der Waals surface area contributed by atoms with Crippen LogP contribution in [0.5, 0.6) is 0 Å². The third kappa shape index (κ3) is 5.17. The summed E-state index contributed by atoms with van der Waals surface area (Å²) >= 11 is 0. The molecule has 1 saturated heterocycles. The number of nitrogens with zero attached hydrogens (tertiary/aromatic N) is 2. The Hall–Kier alpha value is -1.67. The molecule has 1 aromatic carbocycles. The van der Waals surface area contributed by atoms with Crippen LogP contribution in [0, 0.1) is 5.82 Å². The van der Waals surface area contributed by atoms with E-state index in [1.54, 1.807) is 17.0 Å². The quantitative estimate of drug-likeness (QED) is 0.873. The smallest absolute Gasteiger partial charge is 0.317 e. The van der Waals surface area contributed by atoms with Crippen molar-refractivity contribution in [2.75, 3.05) is 25.9 Å². The van der Waals surface area contributed by atoms with E-state index in [1.165, 1.54) is 22.7 Å². The lowest BCUT2D eigenvalue weighted by Gasteiger charge is -2.32. The van der Waals surface area contributed by atoms with Crippen LogP contribution in [0.1, 0.15) is 25.3 Å². The van der Waals surface area contributed by atoms with E-state index in [4.69, 9.17) is 0 Å². The molecule has 1 aliphatic rings. The highest BCUT2D eigenvalue weighted by Gasteiger charge is 2.26. The molecule has 0 aliphatic carbocycles. The van der Waals surface area contributed by atoms with Gasteiger partial charge in [0, 0.05) is 32.2 Å². The number of amides is 2. The predicted octanol–water partition coefficient (Wildman–Crippen LogP) is 1.78. The first-order chi connectivity index (χ1) is 11.3. The summed E-state index contributed by atoms with van der Waals surface area (Å²) in [5.74, 6) is -0.322. The molecule has 134 valence electrons. The van der Waals surface area contributed by atoms with Gasteiger partial charge >= 0.3 is 6.03 Å². The third-order valence-electron chi connectivity index (χ3n) is 4.18. The van der Waals surface area contributed by atoms with Gasteiger partial charge in [-0.05, 0) is 37.5 Å². The number of sulfonamides is 1. The van der Waals surface area contributed by atoms with Gasteiger partial charge in [-0.15, -0.1) is 0 Å². The van der Waals surface area contributed by atoms with E-state index in [9.17, 15) is 17.6 Å². The van der Waals surface area contributed by atoms with Gasteiger partial charge in [0.15, 0.2) is 0 Å². The van der Waals surface area contributed by atoms with E-state index in [0.29, 0.717) is 39.0 Å². The van der Waals surface area contributed by atoms with Gasteiger partial charge in [0.1, 0.15) is 5.82 Å². The van der Waals surface area contributed by atoms with Crippen molar-refractivity contribution in [2.24, 2.45) is 0 Å². The SMILES string of the molecule is CCN(Cc1cccc(F)c1)C(=O)NC1CCN(S(C)(=O)=O)CC1. The molecule has 0 atom stereocenters. The zero-order valence-electron chi connectivity index (χ0n) is 14.0. The largest absolute Gasteiger partial charge is 0.335 e. The normalized spacial score (nSPS) is 16.8. The summed E-state index contributed by atoms with van der Waals surface area (Å²) in [6.45, 7) is 3.54. The fourth-order valence-corrected chi connectivity index (χ4v) is 3.65. The number of urea groups is 1. The summed E-state index contributed by atoms with van der Waals surface area (Å²) < 4.78 is 37.7. The molecular weight excluding hydrogens is 333 g/mol. The molecule has 0 bridgehead atoms. The van der Waals surface area contributed by atoms with Crippen molar-refractivity contribution in [1.82, 2.24) is 14.5 Å². The molecule has 1 aromatic rings. The van der Waals surface area contributed by atoms with Crippen molar-refractivity contribution in [3.63, 3.8) is 0 Å². The Morgan fingerprint density at radius 2 is 2.04 bits per heavy atom. The van der Waals surface area contributed by atoms with E-state index < -0.39 is 10.0 Å². The number of hydrogen-bond acceptors (Lipinski definition) is 3. The number of nitrogens with one attached hydrogen (secondary N) is 1. The zero-order chi connectivity index (χ0) is 17.7. The fourth-order valence-electron chi connectivity index (χ4n) is 2.78. The maximum absolute atomic E-state index is 13.3. The van der Waals surface area contributed by atoms with Gasteiger partial charge in [-0.2, -0.15) is 0 Å². The Morgan fingerprint density at radius 3 is 2.58 bits per heavy atom. The lowest BCUT2D eigenvalue weighted by atomic mass is 10.1. The van der Waals surface area contributed by atoms with Gasteiger partial charge in [-0.3, -0.25) is 0 Å². The van der Waals surface area contributed by atoms with Crippen LogP contribution in [-0.2, 0) is 16.6 Å². The van der Waals surface area contributed by atoms with Gasteiger partial charge in [0.2, 0.25) is 10.0 Å². The fraction of sp³-hybridized carbons (Fsp3) is 0.562. The average Bonchev–Trinajstić information content (AvgIpc) is 2.52. The number of rotatable bonds is 5. The molecular formula is C16H24FN3O3S. The molecule has 2 amide bonds. The zero-order valence-corrected chi connectivity index (χ0v) is 14.9. The van der Waals surface area contributed by atoms with E-state index >= 15 is 0 Å². The van der Waals surface area contributed by atoms with E-state index in [0.717, 1.165) is 5.56 Å². The van der Waals surface area contributed by atoms with Gasteiger partial charge in [0.25, 0.3) is 0 Å². The Balaban J connectivity index is 1.89. The minimum Gasteiger partial charge on any atom is -0.335 e. The topological polar surface area (TPSA) is 69.7 Å². The van der Waals surface area contributed by atoms with Crippen molar-refractivity contribution in [3.8, 4) is 0 Å². The Morgan fingerprint density at radius 1 is 1.38 bits per heavy atom. The molecule has 1 heterocycles. The second-order valence-corrected chi connectivity index (χ2v) is 8.01. The Kier molecular flexibility index (Phi) is 6.17. The highest BCUT2D eigenvalue weighted by atomic mass is 32.2. The van der Waals surface area contributed by atoms with Crippen LogP contribution in [0.3, 0.4) is 0 Å². The van der Waals surface area contributed by atoms with E-state index in [1.807, 2.05) is 6.92 Å². The number of hydrogen-bond donors (Lipinski definition) is 1. The summed E-state index contributed by atoms with van der Waals surface area (Å²) in [5.41, 5.74) is 0.735. The predicted molar refractivity (Wildman–Crippen MR) is 90.5 cm³/mol. The van der Waals surface area contributed by atoms with Crippen LogP contribution in [0.4, 0.5) is 9.18 Å². The molecule has 1 aliphatic heterocycles. The first-order valence-corrected chi connectivity index (χ1v) is 9.89. The molecule has 0 unspecified atom stereocenters. The Bertz CT molecular complexity index is 673. The monoisotopic (exact) mass is 357 g/mol. The summed E-state index contributed by atoms with van der Waals surface area (Å²) in [4.78, 5) is 14.0. The maximum atomic E-state index is 13.3. The molecule has 1 fully saturated rings. The maximum Gasteiger partial charge on any atom is 0.317 e. The standard InChI is InChI=1S/C16H24FN3O3S/c1-3-19(12-13-5-4-6-14(17)11-13)16(21)18-15-7-9-20(10-8-15)24(2,22)23/h4-6,11,15H,3,7-10,12H2,1-2H3,(H,18,21). The van der Waals surface area contributed by atoms with Gasteiger partial charge < -0.3 is 10.2 Å². The van der Waals surface area contributed by atoms with Crippen molar-refractivity contribution in [2.45, 2.75) is 32.4 Å². The van der Waals surface area contributed by atoms with Crippen LogP contribution >= 0.6 is 0 Å². The molecule has 24 heavy (non-hydrogen) atoms. The van der Waals surface area contributed by atoms with Crippen molar-refractivity contribution < 1.29 is 17.6 Å². The second-order valence-electron chi connectivity index (χ2n) is 6.03. The molecule has 1 N–H and O–H groups in total. The van der Waals surface area contributed by atoms with Gasteiger partial charge in [0.05, 0.1) is 6.26 Å². The summed E-state index contributed by atoms with van der Waals surface area (Å²) in [7, 11) is -3.17. The molecule has 0 spiro atoms. The Labute approximate surface area is 142 Å². The second kappa shape index (κ2) is 7.94. The van der Waals surface area contributed by atoms with Crippen molar-refractivity contribution in [1.29, 1.82) is 0 Å². The first kappa shape index (κ1) is 18.7. The lowest BCUT2D eigenvalue weighted by Crippen LogP contribution is -2.49. The first-order valence-electron chi connectivity index (χ1n) is 8.04. The molecule has 6 nitrogen and oxygen atoms in total. The highest BCUT2D eigenvalue weighted by Crippen LogP contribution is 2.14. The molecule has 0 saturated carbocycles. The summed E-state index contributed by atoms with van der Waals surface area (Å²) in [6.07, 6.45) is 2.39.